The van der Waals surface area contributed by atoms with Crippen molar-refractivity contribution in [3.63, 3.8) is 0 Å². The maximum absolute atomic E-state index is 12.9. The molecule has 0 aliphatic carbocycles. The van der Waals surface area contributed by atoms with Crippen molar-refractivity contribution in [2.24, 2.45) is 0 Å². The first-order chi connectivity index (χ1) is 9.70. The van der Waals surface area contributed by atoms with Crippen molar-refractivity contribution < 1.29 is 9.13 Å². The van der Waals surface area contributed by atoms with Gasteiger partial charge in [-0.15, -0.1) is 0 Å². The molecule has 0 amide bonds. The summed E-state index contributed by atoms with van der Waals surface area (Å²) in [6.07, 6.45) is 5.15. The van der Waals surface area contributed by atoms with E-state index < -0.39 is 0 Å². The van der Waals surface area contributed by atoms with Gasteiger partial charge < -0.3 is 9.64 Å². The Labute approximate surface area is 117 Å². The lowest BCUT2D eigenvalue weighted by Crippen LogP contribution is -2.44. The van der Waals surface area contributed by atoms with E-state index in [1.165, 1.54) is 12.3 Å². The van der Waals surface area contributed by atoms with E-state index in [1.54, 1.807) is 6.07 Å². The molecule has 0 radical (unpaired) electrons. The molecule has 1 fully saturated rings. The van der Waals surface area contributed by atoms with E-state index in [4.69, 9.17) is 4.74 Å². The standard InChI is InChI=1S/C14H17FN4O/c1-11-6-17-19(8-11)10-13-9-18(4-5-20-13)14-3-2-12(15)7-16-14/h2-3,6-8,13H,4-5,9-10H2,1H3/t13-/m1/s1. The number of ether oxygens (including phenoxy) is 1. The van der Waals surface area contributed by atoms with Gasteiger partial charge in [-0.3, -0.25) is 4.68 Å². The summed E-state index contributed by atoms with van der Waals surface area (Å²) < 4.78 is 20.6. The smallest absolute Gasteiger partial charge is 0.141 e. The molecule has 1 aliphatic heterocycles. The van der Waals surface area contributed by atoms with Crippen molar-refractivity contribution in [1.82, 2.24) is 14.8 Å². The second kappa shape index (κ2) is 5.58. The van der Waals surface area contributed by atoms with E-state index in [1.807, 2.05) is 24.0 Å². The molecule has 0 bridgehead atoms. The molecule has 0 spiro atoms. The number of anilines is 1. The predicted molar refractivity (Wildman–Crippen MR) is 73.1 cm³/mol. The molecule has 1 saturated heterocycles. The monoisotopic (exact) mass is 276 g/mol. The normalized spacial score (nSPS) is 19.3. The molecular weight excluding hydrogens is 259 g/mol. The highest BCUT2D eigenvalue weighted by Crippen LogP contribution is 2.16. The van der Waals surface area contributed by atoms with E-state index in [2.05, 4.69) is 15.0 Å². The van der Waals surface area contributed by atoms with Crippen LogP contribution in [-0.4, -0.2) is 40.6 Å². The van der Waals surface area contributed by atoms with Gasteiger partial charge in [0.15, 0.2) is 0 Å². The average Bonchev–Trinajstić information content (AvgIpc) is 2.85. The van der Waals surface area contributed by atoms with E-state index in [0.717, 1.165) is 24.5 Å². The number of morpholine rings is 1. The van der Waals surface area contributed by atoms with Gasteiger partial charge in [-0.25, -0.2) is 9.37 Å². The van der Waals surface area contributed by atoms with Crippen LogP contribution in [0.5, 0.6) is 0 Å². The van der Waals surface area contributed by atoms with Crippen molar-refractivity contribution in [2.75, 3.05) is 24.6 Å². The molecule has 6 heteroatoms. The van der Waals surface area contributed by atoms with Gasteiger partial charge in [0, 0.05) is 19.3 Å². The van der Waals surface area contributed by atoms with Crippen LogP contribution in [-0.2, 0) is 11.3 Å². The van der Waals surface area contributed by atoms with Gasteiger partial charge in [0.2, 0.25) is 0 Å². The van der Waals surface area contributed by atoms with Crippen molar-refractivity contribution >= 4 is 5.82 Å². The molecule has 0 unspecified atom stereocenters. The van der Waals surface area contributed by atoms with Gasteiger partial charge in [-0.1, -0.05) is 0 Å². The van der Waals surface area contributed by atoms with E-state index in [0.29, 0.717) is 13.2 Å². The van der Waals surface area contributed by atoms with E-state index in [-0.39, 0.29) is 11.9 Å². The maximum atomic E-state index is 12.9. The highest BCUT2D eigenvalue weighted by atomic mass is 19.1. The summed E-state index contributed by atoms with van der Waals surface area (Å²) in [6, 6.07) is 3.14. The number of halogens is 1. The molecule has 1 atom stereocenters. The van der Waals surface area contributed by atoms with Gasteiger partial charge in [-0.05, 0) is 24.6 Å². The zero-order valence-electron chi connectivity index (χ0n) is 11.4. The zero-order chi connectivity index (χ0) is 13.9. The Hall–Kier alpha value is -1.95. The fourth-order valence-corrected chi connectivity index (χ4v) is 2.37. The van der Waals surface area contributed by atoms with Crippen LogP contribution in [0.25, 0.3) is 0 Å². The first-order valence-corrected chi connectivity index (χ1v) is 6.68. The number of aromatic nitrogens is 3. The Morgan fingerprint density at radius 2 is 2.30 bits per heavy atom. The second-order valence-corrected chi connectivity index (χ2v) is 5.01. The number of hydrogen-bond donors (Lipinski definition) is 0. The van der Waals surface area contributed by atoms with Crippen LogP contribution in [0.15, 0.2) is 30.7 Å². The van der Waals surface area contributed by atoms with Gasteiger partial charge in [0.05, 0.1) is 31.6 Å². The molecule has 2 aromatic rings. The molecule has 5 nitrogen and oxygen atoms in total. The highest BCUT2D eigenvalue weighted by molar-refractivity contribution is 5.38. The van der Waals surface area contributed by atoms with Crippen molar-refractivity contribution in [3.05, 3.63) is 42.1 Å². The van der Waals surface area contributed by atoms with Crippen molar-refractivity contribution in [2.45, 2.75) is 19.6 Å². The van der Waals surface area contributed by atoms with Crippen LogP contribution in [0.2, 0.25) is 0 Å². The molecule has 0 aromatic carbocycles. The number of aryl methyl sites for hydroxylation is 1. The van der Waals surface area contributed by atoms with Crippen molar-refractivity contribution in [1.29, 1.82) is 0 Å². The Balaban J connectivity index is 1.65. The molecule has 106 valence electrons. The summed E-state index contributed by atoms with van der Waals surface area (Å²) in [6.45, 7) is 4.88. The number of rotatable bonds is 3. The minimum atomic E-state index is -0.314. The van der Waals surface area contributed by atoms with Crippen LogP contribution < -0.4 is 4.90 Å². The highest BCUT2D eigenvalue weighted by Gasteiger charge is 2.22. The Bertz CT molecular complexity index is 569. The predicted octanol–water partition coefficient (Wildman–Crippen LogP) is 1.63. The van der Waals surface area contributed by atoms with Gasteiger partial charge >= 0.3 is 0 Å². The van der Waals surface area contributed by atoms with E-state index in [9.17, 15) is 4.39 Å². The minimum Gasteiger partial charge on any atom is -0.373 e. The van der Waals surface area contributed by atoms with Gasteiger partial charge in [0.1, 0.15) is 11.6 Å². The first-order valence-electron chi connectivity index (χ1n) is 6.68. The maximum Gasteiger partial charge on any atom is 0.141 e. The fourth-order valence-electron chi connectivity index (χ4n) is 2.37. The fraction of sp³-hybridized carbons (Fsp3) is 0.429. The quantitative estimate of drug-likeness (QED) is 0.854. The average molecular weight is 276 g/mol. The molecule has 3 rings (SSSR count). The molecule has 3 heterocycles. The summed E-state index contributed by atoms with van der Waals surface area (Å²) in [5.74, 6) is 0.474. The molecule has 2 aromatic heterocycles. The van der Waals surface area contributed by atoms with Gasteiger partial charge in [-0.2, -0.15) is 5.10 Å². The lowest BCUT2D eigenvalue weighted by atomic mass is 10.2. The second-order valence-electron chi connectivity index (χ2n) is 5.01. The SMILES string of the molecule is Cc1cnn(C[C@H]2CN(c3ccc(F)cn3)CCO2)c1. The number of nitrogens with zero attached hydrogens (tertiary/aromatic N) is 4. The summed E-state index contributed by atoms with van der Waals surface area (Å²) in [5, 5.41) is 4.27. The number of hydrogen-bond acceptors (Lipinski definition) is 4. The summed E-state index contributed by atoms with van der Waals surface area (Å²) in [5.41, 5.74) is 1.14. The lowest BCUT2D eigenvalue weighted by molar-refractivity contribution is 0.0272. The van der Waals surface area contributed by atoms with E-state index >= 15 is 0 Å². The van der Waals surface area contributed by atoms with Gasteiger partial charge in [0.25, 0.3) is 0 Å². The topological polar surface area (TPSA) is 43.2 Å². The summed E-state index contributed by atoms with van der Waals surface area (Å²) >= 11 is 0. The molecule has 0 saturated carbocycles. The summed E-state index contributed by atoms with van der Waals surface area (Å²) in [4.78, 5) is 6.24. The third-order valence-corrected chi connectivity index (χ3v) is 3.33. The number of pyridine rings is 1. The largest absolute Gasteiger partial charge is 0.373 e. The van der Waals surface area contributed by atoms with Crippen LogP contribution in [0.3, 0.4) is 0 Å². The third kappa shape index (κ3) is 2.96. The lowest BCUT2D eigenvalue weighted by Gasteiger charge is -2.33. The Morgan fingerprint density at radius 3 is 3.00 bits per heavy atom. The minimum absolute atomic E-state index is 0.0647. The Kier molecular flexibility index (Phi) is 3.64. The van der Waals surface area contributed by atoms with Crippen LogP contribution in [0.4, 0.5) is 10.2 Å². The third-order valence-electron chi connectivity index (χ3n) is 3.33. The first kappa shape index (κ1) is 13.1. The molecule has 0 N–H and O–H groups in total. The van der Waals surface area contributed by atoms with Crippen LogP contribution in [0.1, 0.15) is 5.56 Å². The van der Waals surface area contributed by atoms with Crippen LogP contribution >= 0.6 is 0 Å². The molecule has 1 aliphatic rings. The molecular formula is C14H17FN4O. The van der Waals surface area contributed by atoms with Crippen LogP contribution in [0, 0.1) is 12.7 Å². The molecule has 20 heavy (non-hydrogen) atoms. The summed E-state index contributed by atoms with van der Waals surface area (Å²) in [7, 11) is 0. The Morgan fingerprint density at radius 1 is 1.40 bits per heavy atom. The zero-order valence-corrected chi connectivity index (χ0v) is 11.4. The van der Waals surface area contributed by atoms with Crippen molar-refractivity contribution in [3.8, 4) is 0 Å².